The molecule has 1 amide bonds. The molecule has 1 saturated heterocycles. The van der Waals surface area contributed by atoms with Gasteiger partial charge < -0.3 is 15.2 Å². The van der Waals surface area contributed by atoms with Gasteiger partial charge in [-0.2, -0.15) is 5.10 Å². The van der Waals surface area contributed by atoms with E-state index in [1.807, 2.05) is 43.7 Å². The van der Waals surface area contributed by atoms with Crippen molar-refractivity contribution in [3.63, 3.8) is 0 Å². The smallest absolute Gasteiger partial charge is 0.255 e. The van der Waals surface area contributed by atoms with E-state index in [4.69, 9.17) is 0 Å². The zero-order valence-corrected chi connectivity index (χ0v) is 19.8. The lowest BCUT2D eigenvalue weighted by Gasteiger charge is -2.29. The number of rotatable bonds is 4. The van der Waals surface area contributed by atoms with Crippen molar-refractivity contribution in [3.05, 3.63) is 72.6 Å². The van der Waals surface area contributed by atoms with Crippen LogP contribution < -0.4 is 5.32 Å². The van der Waals surface area contributed by atoms with E-state index in [0.717, 1.165) is 70.4 Å². The predicted octanol–water partition coefficient (Wildman–Crippen LogP) is 4.07. The highest BCUT2D eigenvalue weighted by Crippen LogP contribution is 2.32. The normalized spacial score (nSPS) is 15.1. The number of hydrogen-bond donors (Lipinski definition) is 2. The maximum Gasteiger partial charge on any atom is 0.255 e. The highest BCUT2D eigenvalue weighted by Gasteiger charge is 2.21. The molecule has 5 aromatic heterocycles. The zero-order chi connectivity index (χ0) is 23.9. The Morgan fingerprint density at radius 2 is 1.94 bits per heavy atom. The first-order valence-corrected chi connectivity index (χ1v) is 11.9. The Kier molecular flexibility index (Phi) is 5.30. The topological polar surface area (TPSA) is 91.2 Å². The second-order valence-electron chi connectivity index (χ2n) is 9.31. The van der Waals surface area contributed by atoms with Crippen molar-refractivity contribution in [3.8, 4) is 22.3 Å². The van der Waals surface area contributed by atoms with Gasteiger partial charge in [-0.3, -0.25) is 9.78 Å². The molecule has 2 N–H and O–H groups in total. The lowest BCUT2D eigenvalue weighted by Crippen LogP contribution is -2.43. The molecular formula is C27H27N7O. The van der Waals surface area contributed by atoms with Crippen LogP contribution in [0.25, 0.3) is 38.8 Å². The van der Waals surface area contributed by atoms with Crippen molar-refractivity contribution in [1.29, 1.82) is 0 Å². The number of amides is 1. The number of aromatic nitrogens is 5. The van der Waals surface area contributed by atoms with E-state index in [1.54, 1.807) is 16.9 Å². The van der Waals surface area contributed by atoms with Gasteiger partial charge in [0.2, 0.25) is 0 Å². The molecule has 0 atom stereocenters. The number of H-pyrrole nitrogens is 1. The van der Waals surface area contributed by atoms with E-state index >= 15 is 0 Å². The summed E-state index contributed by atoms with van der Waals surface area (Å²) in [6.07, 6.45) is 11.1. The molecule has 5 aromatic rings. The Morgan fingerprint density at radius 1 is 1.09 bits per heavy atom. The minimum absolute atomic E-state index is 0.0679. The SMILES string of the molecule is Cc1ncccc1-c1cnc2[nH]cc(-c3ccn4ncc(C(=O)NC5CCN(C)CC5)c4c3)c2c1. The van der Waals surface area contributed by atoms with Crippen LogP contribution in [-0.2, 0) is 0 Å². The van der Waals surface area contributed by atoms with Crippen LogP contribution in [0.15, 0.2) is 61.3 Å². The van der Waals surface area contributed by atoms with Crippen molar-refractivity contribution < 1.29 is 4.79 Å². The summed E-state index contributed by atoms with van der Waals surface area (Å²) < 4.78 is 1.75. The van der Waals surface area contributed by atoms with E-state index in [0.29, 0.717) is 5.56 Å². The first-order valence-electron chi connectivity index (χ1n) is 11.9. The van der Waals surface area contributed by atoms with E-state index in [9.17, 15) is 4.79 Å². The maximum absolute atomic E-state index is 13.1. The fraction of sp³-hybridized carbons (Fsp3) is 0.259. The summed E-state index contributed by atoms with van der Waals surface area (Å²) in [6.45, 7) is 4.00. The number of hydrogen-bond acceptors (Lipinski definition) is 5. The number of fused-ring (bicyclic) bond motifs is 2. The van der Waals surface area contributed by atoms with Crippen LogP contribution in [0.4, 0.5) is 0 Å². The Labute approximate surface area is 203 Å². The molecule has 0 bridgehead atoms. The number of piperidine rings is 1. The third kappa shape index (κ3) is 3.95. The summed E-state index contributed by atoms with van der Waals surface area (Å²) in [4.78, 5) is 27.8. The number of pyridine rings is 3. The van der Waals surface area contributed by atoms with E-state index in [-0.39, 0.29) is 11.9 Å². The lowest BCUT2D eigenvalue weighted by molar-refractivity contribution is 0.0918. The second kappa shape index (κ2) is 8.63. The molecule has 0 spiro atoms. The molecule has 0 aliphatic carbocycles. The summed E-state index contributed by atoms with van der Waals surface area (Å²) in [6, 6.07) is 10.4. The molecule has 6 rings (SSSR count). The van der Waals surface area contributed by atoms with Gasteiger partial charge in [0.25, 0.3) is 5.91 Å². The molecule has 35 heavy (non-hydrogen) atoms. The van der Waals surface area contributed by atoms with E-state index in [2.05, 4.69) is 49.4 Å². The largest absolute Gasteiger partial charge is 0.349 e. The molecule has 0 aromatic carbocycles. The van der Waals surface area contributed by atoms with Crippen LogP contribution in [-0.4, -0.2) is 61.6 Å². The number of likely N-dealkylation sites (tertiary alicyclic amines) is 1. The average Bonchev–Trinajstić information content (AvgIpc) is 3.49. The van der Waals surface area contributed by atoms with Gasteiger partial charge in [-0.25, -0.2) is 9.50 Å². The molecule has 8 nitrogen and oxygen atoms in total. The maximum atomic E-state index is 13.1. The number of aromatic amines is 1. The van der Waals surface area contributed by atoms with Crippen LogP contribution >= 0.6 is 0 Å². The standard InChI is InChI=1S/C27H27N7O/c1-17-21(4-3-8-28-17)19-12-22-23(15-30-26(22)29-14-19)18-5-11-34-25(13-18)24(16-31-34)27(35)32-20-6-9-33(2)10-7-20/h3-5,8,11-16,20H,6-7,9-10H2,1-2H3,(H,29,30)(H,32,35). The van der Waals surface area contributed by atoms with Crippen LogP contribution in [0.3, 0.4) is 0 Å². The summed E-state index contributed by atoms with van der Waals surface area (Å²) in [5.74, 6) is -0.0679. The first kappa shape index (κ1) is 21.5. The fourth-order valence-corrected chi connectivity index (χ4v) is 4.92. The van der Waals surface area contributed by atoms with Gasteiger partial charge in [0.05, 0.1) is 17.3 Å². The van der Waals surface area contributed by atoms with Gasteiger partial charge in [0.1, 0.15) is 5.65 Å². The van der Waals surface area contributed by atoms with Crippen molar-refractivity contribution >= 4 is 22.5 Å². The zero-order valence-electron chi connectivity index (χ0n) is 19.8. The Bertz CT molecular complexity index is 1540. The van der Waals surface area contributed by atoms with Crippen molar-refractivity contribution in [2.45, 2.75) is 25.8 Å². The van der Waals surface area contributed by atoms with Gasteiger partial charge in [-0.05, 0) is 69.7 Å². The summed E-state index contributed by atoms with van der Waals surface area (Å²) >= 11 is 0. The highest BCUT2D eigenvalue weighted by molar-refractivity contribution is 6.02. The minimum Gasteiger partial charge on any atom is -0.349 e. The summed E-state index contributed by atoms with van der Waals surface area (Å²) in [5.41, 5.74) is 7.27. The fourth-order valence-electron chi connectivity index (χ4n) is 4.92. The summed E-state index contributed by atoms with van der Waals surface area (Å²) in [5, 5.41) is 8.64. The molecule has 8 heteroatoms. The Morgan fingerprint density at radius 3 is 2.77 bits per heavy atom. The highest BCUT2D eigenvalue weighted by atomic mass is 16.1. The van der Waals surface area contributed by atoms with Crippen LogP contribution in [0.2, 0.25) is 0 Å². The molecule has 176 valence electrons. The molecule has 1 aliphatic heterocycles. The van der Waals surface area contributed by atoms with Crippen LogP contribution in [0.5, 0.6) is 0 Å². The van der Waals surface area contributed by atoms with Gasteiger partial charge in [-0.1, -0.05) is 6.07 Å². The van der Waals surface area contributed by atoms with Gasteiger partial charge in [0, 0.05) is 58.6 Å². The van der Waals surface area contributed by atoms with E-state index < -0.39 is 0 Å². The Balaban J connectivity index is 1.36. The number of carbonyl (C=O) groups is 1. The van der Waals surface area contributed by atoms with Crippen molar-refractivity contribution in [2.75, 3.05) is 20.1 Å². The van der Waals surface area contributed by atoms with E-state index in [1.165, 1.54) is 0 Å². The number of nitrogens with one attached hydrogen (secondary N) is 2. The monoisotopic (exact) mass is 465 g/mol. The van der Waals surface area contributed by atoms with Gasteiger partial charge >= 0.3 is 0 Å². The molecule has 1 aliphatic rings. The number of nitrogens with zero attached hydrogens (tertiary/aromatic N) is 5. The molecule has 0 radical (unpaired) electrons. The second-order valence-corrected chi connectivity index (χ2v) is 9.31. The van der Waals surface area contributed by atoms with Gasteiger partial charge in [-0.15, -0.1) is 0 Å². The summed E-state index contributed by atoms with van der Waals surface area (Å²) in [7, 11) is 2.12. The molecule has 0 unspecified atom stereocenters. The average molecular weight is 466 g/mol. The quantitative estimate of drug-likeness (QED) is 0.418. The minimum atomic E-state index is -0.0679. The Hall–Kier alpha value is -4.04. The molecule has 6 heterocycles. The van der Waals surface area contributed by atoms with Crippen molar-refractivity contribution in [1.82, 2.24) is 34.8 Å². The molecular weight excluding hydrogens is 438 g/mol. The molecule has 1 fully saturated rings. The first-order chi connectivity index (χ1) is 17.1. The predicted molar refractivity (Wildman–Crippen MR) is 136 cm³/mol. The van der Waals surface area contributed by atoms with Crippen LogP contribution in [0.1, 0.15) is 28.9 Å². The van der Waals surface area contributed by atoms with Gasteiger partial charge in [0.15, 0.2) is 0 Å². The van der Waals surface area contributed by atoms with Crippen LogP contribution in [0, 0.1) is 6.92 Å². The third-order valence-corrected chi connectivity index (χ3v) is 6.98. The number of carbonyl (C=O) groups excluding carboxylic acids is 1. The number of aryl methyl sites for hydroxylation is 1. The third-order valence-electron chi connectivity index (χ3n) is 6.98. The molecule has 0 saturated carbocycles. The van der Waals surface area contributed by atoms with Crippen molar-refractivity contribution in [2.24, 2.45) is 0 Å². The lowest BCUT2D eigenvalue weighted by atomic mass is 10.0.